The van der Waals surface area contributed by atoms with Crippen molar-refractivity contribution in [1.29, 1.82) is 0 Å². The van der Waals surface area contributed by atoms with Gasteiger partial charge in [0.1, 0.15) is 18.2 Å². The first-order valence-corrected chi connectivity index (χ1v) is 7.25. The molecule has 6 heteroatoms. The Morgan fingerprint density at radius 3 is 2.43 bits per heavy atom. The Bertz CT molecular complexity index is 955. The quantitative estimate of drug-likeness (QED) is 0.717. The zero-order valence-corrected chi connectivity index (χ0v) is 12.3. The third-order valence-corrected chi connectivity index (χ3v) is 4.00. The molecular formula is C17H14N6. The van der Waals surface area contributed by atoms with Crippen LogP contribution in [-0.2, 0) is 5.54 Å². The number of para-hydroxylation sites is 1. The number of rotatable bonds is 2. The van der Waals surface area contributed by atoms with Crippen molar-refractivity contribution < 1.29 is 0 Å². The predicted molar refractivity (Wildman–Crippen MR) is 84.5 cm³/mol. The molecule has 6 nitrogen and oxygen atoms in total. The summed E-state index contributed by atoms with van der Waals surface area (Å²) in [4.78, 5) is 21.4. The molecule has 0 spiro atoms. The van der Waals surface area contributed by atoms with Gasteiger partial charge in [-0.3, -0.25) is 4.99 Å². The number of benzene rings is 1. The smallest absolute Gasteiger partial charge is 0.116 e. The fourth-order valence-corrected chi connectivity index (χ4v) is 2.92. The number of fused-ring (bicyclic) bond motifs is 1. The minimum Gasteiger partial charge on any atom is -0.315 e. The highest BCUT2D eigenvalue weighted by atomic mass is 15.0. The van der Waals surface area contributed by atoms with Gasteiger partial charge in [0.05, 0.1) is 23.3 Å². The zero-order valence-electron chi connectivity index (χ0n) is 12.3. The third kappa shape index (κ3) is 2.20. The summed E-state index contributed by atoms with van der Waals surface area (Å²) in [5, 5.41) is 1.88. The molecular weight excluding hydrogens is 288 g/mol. The van der Waals surface area contributed by atoms with E-state index in [4.69, 9.17) is 5.73 Å². The van der Waals surface area contributed by atoms with Crippen molar-refractivity contribution in [2.45, 2.75) is 5.54 Å². The number of nitrogens with two attached hydrogens (primary N) is 1. The zero-order chi connectivity index (χ0) is 15.7. The summed E-state index contributed by atoms with van der Waals surface area (Å²) in [6.45, 7) is 0.403. The van der Waals surface area contributed by atoms with Crippen molar-refractivity contribution in [2.75, 3.05) is 6.54 Å². The Labute approximate surface area is 132 Å². The fourth-order valence-electron chi connectivity index (χ4n) is 2.92. The second-order valence-electron chi connectivity index (χ2n) is 5.37. The van der Waals surface area contributed by atoms with E-state index in [1.807, 2.05) is 36.4 Å². The van der Waals surface area contributed by atoms with Gasteiger partial charge in [-0.15, -0.1) is 0 Å². The molecule has 112 valence electrons. The van der Waals surface area contributed by atoms with Crippen molar-refractivity contribution in [3.05, 3.63) is 83.4 Å². The largest absolute Gasteiger partial charge is 0.315 e. The van der Waals surface area contributed by atoms with E-state index in [2.05, 4.69) is 24.9 Å². The first-order chi connectivity index (χ1) is 11.3. The molecule has 4 rings (SSSR count). The highest BCUT2D eigenvalue weighted by Gasteiger charge is 2.37. The molecule has 0 bridgehead atoms. The van der Waals surface area contributed by atoms with Gasteiger partial charge in [-0.1, -0.05) is 18.2 Å². The number of hydrogen-bond donors (Lipinski definition) is 1. The van der Waals surface area contributed by atoms with Crippen LogP contribution in [0.5, 0.6) is 0 Å². The van der Waals surface area contributed by atoms with E-state index >= 15 is 0 Å². The van der Waals surface area contributed by atoms with Crippen LogP contribution in [0.1, 0.15) is 11.4 Å². The molecule has 0 amide bonds. The van der Waals surface area contributed by atoms with Gasteiger partial charge in [0.25, 0.3) is 0 Å². The van der Waals surface area contributed by atoms with Crippen LogP contribution in [-0.4, -0.2) is 26.5 Å². The average molecular weight is 302 g/mol. The molecule has 3 aromatic rings. The fraction of sp³-hybridized carbons (Fsp3) is 0.118. The molecule has 3 heterocycles. The van der Waals surface area contributed by atoms with Gasteiger partial charge >= 0.3 is 0 Å². The van der Waals surface area contributed by atoms with Crippen LogP contribution >= 0.6 is 0 Å². The molecule has 2 aromatic heterocycles. The van der Waals surface area contributed by atoms with Crippen LogP contribution in [0.3, 0.4) is 0 Å². The summed E-state index contributed by atoms with van der Waals surface area (Å²) in [6, 6.07) is 11.6. The van der Waals surface area contributed by atoms with E-state index in [1.54, 1.807) is 12.4 Å². The average Bonchev–Trinajstić information content (AvgIpc) is 2.63. The number of nitrogens with zero attached hydrogens (tertiary/aromatic N) is 5. The Kier molecular flexibility index (Phi) is 3.17. The monoisotopic (exact) mass is 302 g/mol. The minimum atomic E-state index is -0.856. The van der Waals surface area contributed by atoms with Gasteiger partial charge in [-0.25, -0.2) is 19.9 Å². The normalized spacial score (nSPS) is 19.8. The van der Waals surface area contributed by atoms with Crippen molar-refractivity contribution >= 4 is 5.57 Å². The Morgan fingerprint density at radius 2 is 1.70 bits per heavy atom. The maximum atomic E-state index is 6.79. The lowest BCUT2D eigenvalue weighted by Crippen LogP contribution is -2.51. The van der Waals surface area contributed by atoms with Crippen molar-refractivity contribution in [3.8, 4) is 0 Å². The molecule has 1 aliphatic heterocycles. The van der Waals surface area contributed by atoms with Gasteiger partial charge in [-0.05, 0) is 18.2 Å². The lowest BCUT2D eigenvalue weighted by molar-refractivity contribution is 0.553. The maximum absolute atomic E-state index is 6.79. The highest BCUT2D eigenvalue weighted by molar-refractivity contribution is 5.72. The van der Waals surface area contributed by atoms with Crippen LogP contribution in [0.15, 0.2) is 66.4 Å². The van der Waals surface area contributed by atoms with E-state index in [1.165, 1.54) is 12.7 Å². The summed E-state index contributed by atoms with van der Waals surface area (Å²) in [7, 11) is 0. The topological polar surface area (TPSA) is 89.9 Å². The molecule has 0 aliphatic carbocycles. The van der Waals surface area contributed by atoms with Gasteiger partial charge < -0.3 is 5.73 Å². The summed E-state index contributed by atoms with van der Waals surface area (Å²) >= 11 is 0. The predicted octanol–water partition coefficient (Wildman–Crippen LogP) is -0.0470. The first kappa shape index (κ1) is 13.7. The van der Waals surface area contributed by atoms with Gasteiger partial charge in [0.15, 0.2) is 0 Å². The Hall–Kier alpha value is -2.99. The van der Waals surface area contributed by atoms with E-state index in [0.717, 1.165) is 27.5 Å². The summed E-state index contributed by atoms with van der Waals surface area (Å²) < 4.78 is 0. The molecule has 2 N–H and O–H groups in total. The SMILES string of the molecule is NC1(c2ccncn2)CN=c2ccccc2=C1c1ccncn1. The van der Waals surface area contributed by atoms with Crippen LogP contribution in [0, 0.1) is 0 Å². The number of hydrogen-bond acceptors (Lipinski definition) is 6. The standard InChI is InChI=1S/C17H14N6/c18-17(15-6-8-20-11-23-15)9-21-13-4-2-1-3-12(13)16(17)14-5-7-19-10-22-14/h1-8,10-11H,9,18H2. The molecule has 0 radical (unpaired) electrons. The van der Waals surface area contributed by atoms with Gasteiger partial charge in [-0.2, -0.15) is 0 Å². The molecule has 1 atom stereocenters. The molecule has 1 unspecified atom stereocenters. The molecule has 1 aromatic carbocycles. The maximum Gasteiger partial charge on any atom is 0.116 e. The second kappa shape index (κ2) is 5.33. The van der Waals surface area contributed by atoms with Gasteiger partial charge in [0.2, 0.25) is 0 Å². The summed E-state index contributed by atoms with van der Waals surface area (Å²) in [6.07, 6.45) is 6.43. The van der Waals surface area contributed by atoms with Crippen LogP contribution in [0.25, 0.3) is 5.57 Å². The second-order valence-corrected chi connectivity index (χ2v) is 5.37. The third-order valence-electron chi connectivity index (χ3n) is 4.00. The lowest BCUT2D eigenvalue weighted by atomic mass is 9.82. The molecule has 0 fully saturated rings. The molecule has 1 aliphatic rings. The molecule has 23 heavy (non-hydrogen) atoms. The van der Waals surface area contributed by atoms with Crippen molar-refractivity contribution in [1.82, 2.24) is 19.9 Å². The highest BCUT2D eigenvalue weighted by Crippen LogP contribution is 2.30. The minimum absolute atomic E-state index is 0.403. The first-order valence-electron chi connectivity index (χ1n) is 7.25. The molecule has 0 saturated heterocycles. The van der Waals surface area contributed by atoms with Crippen molar-refractivity contribution in [3.63, 3.8) is 0 Å². The van der Waals surface area contributed by atoms with E-state index in [0.29, 0.717) is 6.54 Å². The molecule has 0 saturated carbocycles. The van der Waals surface area contributed by atoms with E-state index < -0.39 is 5.54 Å². The lowest BCUT2D eigenvalue weighted by Gasteiger charge is -2.32. The Balaban J connectivity index is 2.09. The summed E-state index contributed by atoms with van der Waals surface area (Å²) in [5.74, 6) is 0. The Morgan fingerprint density at radius 1 is 0.913 bits per heavy atom. The van der Waals surface area contributed by atoms with Crippen LogP contribution in [0.4, 0.5) is 0 Å². The summed E-state index contributed by atoms with van der Waals surface area (Å²) in [5.41, 5.74) is 8.34. The van der Waals surface area contributed by atoms with Gasteiger partial charge in [0, 0.05) is 23.2 Å². The van der Waals surface area contributed by atoms with Crippen molar-refractivity contribution in [2.24, 2.45) is 10.7 Å². The number of aromatic nitrogens is 4. The van der Waals surface area contributed by atoms with Crippen LogP contribution in [0.2, 0.25) is 0 Å². The van der Waals surface area contributed by atoms with E-state index in [-0.39, 0.29) is 0 Å². The van der Waals surface area contributed by atoms with E-state index in [9.17, 15) is 0 Å². The van der Waals surface area contributed by atoms with Crippen LogP contribution < -0.4 is 16.3 Å².